The van der Waals surface area contributed by atoms with Gasteiger partial charge in [0.05, 0.1) is 15.1 Å². The van der Waals surface area contributed by atoms with Crippen molar-refractivity contribution in [3.63, 3.8) is 0 Å². The molecule has 16 heavy (non-hydrogen) atoms. The van der Waals surface area contributed by atoms with Gasteiger partial charge in [0.15, 0.2) is 0 Å². The normalized spacial score (nSPS) is 10.4. The molecule has 0 bridgehead atoms. The Balaban J connectivity index is 2.74. The summed E-state index contributed by atoms with van der Waals surface area (Å²) in [6.45, 7) is 0. The highest BCUT2D eigenvalue weighted by Crippen LogP contribution is 2.40. The Morgan fingerprint density at radius 3 is 2.38 bits per heavy atom. The number of aromatic hydroxyl groups is 1. The highest BCUT2D eigenvalue weighted by atomic mass is 35.5. The molecule has 1 N–H and O–H groups in total. The number of hydrogen-bond donors (Lipinski definition) is 1. The van der Waals surface area contributed by atoms with Gasteiger partial charge < -0.3 is 5.11 Å². The third kappa shape index (κ3) is 1.96. The van der Waals surface area contributed by atoms with Crippen LogP contribution in [0.1, 0.15) is 0 Å². The summed E-state index contributed by atoms with van der Waals surface area (Å²) in [5.74, 6) is 0.00793. The van der Waals surface area contributed by atoms with Crippen molar-refractivity contribution in [1.82, 2.24) is 4.98 Å². The average Bonchev–Trinajstić information content (AvgIpc) is 2.27. The molecule has 0 unspecified atom stereocenters. The number of benzene rings is 1. The lowest BCUT2D eigenvalue weighted by Gasteiger charge is -2.08. The van der Waals surface area contributed by atoms with Gasteiger partial charge >= 0.3 is 0 Å². The second-order valence-corrected chi connectivity index (χ2v) is 4.28. The van der Waals surface area contributed by atoms with Crippen molar-refractivity contribution in [2.45, 2.75) is 0 Å². The van der Waals surface area contributed by atoms with Gasteiger partial charge in [0.1, 0.15) is 11.4 Å². The Morgan fingerprint density at radius 2 is 1.69 bits per heavy atom. The van der Waals surface area contributed by atoms with Crippen LogP contribution in [0.25, 0.3) is 11.3 Å². The molecule has 0 radical (unpaired) electrons. The molecule has 0 fully saturated rings. The Bertz CT molecular complexity index is 543. The minimum absolute atomic E-state index is 0.00793. The second kappa shape index (κ2) is 4.50. The SMILES string of the molecule is Oc1cccnc1-c1c(Cl)ccc(Cl)c1Cl. The van der Waals surface area contributed by atoms with Gasteiger partial charge in [0.2, 0.25) is 0 Å². The number of rotatable bonds is 1. The molecule has 2 nitrogen and oxygen atoms in total. The van der Waals surface area contributed by atoms with Gasteiger partial charge in [0.25, 0.3) is 0 Å². The molecule has 0 aliphatic heterocycles. The Hall–Kier alpha value is -0.960. The summed E-state index contributed by atoms with van der Waals surface area (Å²) in [5, 5.41) is 10.7. The van der Waals surface area contributed by atoms with E-state index in [1.54, 1.807) is 24.4 Å². The van der Waals surface area contributed by atoms with E-state index in [9.17, 15) is 5.11 Å². The van der Waals surface area contributed by atoms with Crippen molar-refractivity contribution >= 4 is 34.8 Å². The fraction of sp³-hybridized carbons (Fsp3) is 0. The first kappa shape index (κ1) is 11.5. The zero-order valence-corrected chi connectivity index (χ0v) is 10.2. The van der Waals surface area contributed by atoms with Crippen LogP contribution in [0, 0.1) is 0 Å². The van der Waals surface area contributed by atoms with Crippen molar-refractivity contribution < 1.29 is 5.11 Å². The predicted octanol–water partition coefficient (Wildman–Crippen LogP) is 4.41. The number of hydrogen-bond acceptors (Lipinski definition) is 2. The first-order valence-electron chi connectivity index (χ1n) is 4.39. The molecule has 1 aromatic heterocycles. The first-order valence-corrected chi connectivity index (χ1v) is 5.52. The third-order valence-electron chi connectivity index (χ3n) is 2.07. The lowest BCUT2D eigenvalue weighted by Crippen LogP contribution is -1.87. The molecule has 82 valence electrons. The third-order valence-corrected chi connectivity index (χ3v) is 3.19. The summed E-state index contributed by atoms with van der Waals surface area (Å²) in [4.78, 5) is 4.03. The summed E-state index contributed by atoms with van der Waals surface area (Å²) in [6, 6.07) is 6.33. The van der Waals surface area contributed by atoms with Gasteiger partial charge in [-0.3, -0.25) is 4.98 Å². The molecule has 0 amide bonds. The molecule has 5 heteroatoms. The maximum atomic E-state index is 9.68. The van der Waals surface area contributed by atoms with Crippen molar-refractivity contribution in [3.8, 4) is 17.0 Å². The maximum absolute atomic E-state index is 9.68. The average molecular weight is 275 g/mol. The lowest BCUT2D eigenvalue weighted by molar-refractivity contribution is 0.475. The fourth-order valence-electron chi connectivity index (χ4n) is 1.33. The van der Waals surface area contributed by atoms with Crippen LogP contribution in [0.4, 0.5) is 0 Å². The molecule has 0 saturated heterocycles. The summed E-state index contributed by atoms with van der Waals surface area (Å²) >= 11 is 17.9. The van der Waals surface area contributed by atoms with E-state index in [0.29, 0.717) is 21.3 Å². The quantitative estimate of drug-likeness (QED) is 0.781. The van der Waals surface area contributed by atoms with E-state index in [-0.39, 0.29) is 10.8 Å². The van der Waals surface area contributed by atoms with Crippen molar-refractivity contribution in [1.29, 1.82) is 0 Å². The Morgan fingerprint density at radius 1 is 1.00 bits per heavy atom. The highest BCUT2D eigenvalue weighted by molar-refractivity contribution is 6.46. The molecule has 2 rings (SSSR count). The van der Waals surface area contributed by atoms with E-state index in [4.69, 9.17) is 34.8 Å². The van der Waals surface area contributed by atoms with Crippen LogP contribution in [-0.4, -0.2) is 10.1 Å². The minimum Gasteiger partial charge on any atom is -0.506 e. The van der Waals surface area contributed by atoms with Gasteiger partial charge in [0, 0.05) is 11.8 Å². The van der Waals surface area contributed by atoms with Crippen LogP contribution in [0.5, 0.6) is 5.75 Å². The fourth-order valence-corrected chi connectivity index (χ4v) is 2.04. The number of pyridine rings is 1. The first-order chi connectivity index (χ1) is 7.61. The predicted molar refractivity (Wildman–Crippen MR) is 66.4 cm³/mol. The van der Waals surface area contributed by atoms with E-state index in [0.717, 1.165) is 0 Å². The largest absolute Gasteiger partial charge is 0.506 e. The molecule has 0 aliphatic rings. The van der Waals surface area contributed by atoms with Gasteiger partial charge in [-0.05, 0) is 24.3 Å². The van der Waals surface area contributed by atoms with Crippen molar-refractivity contribution in [3.05, 3.63) is 45.5 Å². The molecule has 0 aliphatic carbocycles. The summed E-state index contributed by atoms with van der Waals surface area (Å²) in [7, 11) is 0. The van der Waals surface area contributed by atoms with Gasteiger partial charge in [-0.15, -0.1) is 0 Å². The van der Waals surface area contributed by atoms with Gasteiger partial charge in [-0.1, -0.05) is 34.8 Å². The Kier molecular flexibility index (Phi) is 3.24. The minimum atomic E-state index is 0.00793. The topological polar surface area (TPSA) is 33.1 Å². The number of aromatic nitrogens is 1. The van der Waals surface area contributed by atoms with Gasteiger partial charge in [-0.2, -0.15) is 0 Å². The molecule has 0 atom stereocenters. The summed E-state index contributed by atoms with van der Waals surface area (Å²) < 4.78 is 0. The smallest absolute Gasteiger partial charge is 0.141 e. The van der Waals surface area contributed by atoms with E-state index in [1.807, 2.05) is 0 Å². The monoisotopic (exact) mass is 273 g/mol. The van der Waals surface area contributed by atoms with Crippen LogP contribution in [0.3, 0.4) is 0 Å². The van der Waals surface area contributed by atoms with Gasteiger partial charge in [-0.25, -0.2) is 0 Å². The molecule has 0 spiro atoms. The van der Waals surface area contributed by atoms with Crippen LogP contribution in [0.15, 0.2) is 30.5 Å². The second-order valence-electron chi connectivity index (χ2n) is 3.09. The standard InChI is InChI=1S/C11H6Cl3NO/c12-6-3-4-7(13)10(14)9(6)11-8(16)2-1-5-15-11/h1-5,16H. The maximum Gasteiger partial charge on any atom is 0.141 e. The van der Waals surface area contributed by atoms with E-state index in [2.05, 4.69) is 4.98 Å². The van der Waals surface area contributed by atoms with Crippen LogP contribution >= 0.6 is 34.8 Å². The highest BCUT2D eigenvalue weighted by Gasteiger charge is 2.15. The number of halogens is 3. The molecule has 1 heterocycles. The van der Waals surface area contributed by atoms with Crippen molar-refractivity contribution in [2.75, 3.05) is 0 Å². The van der Waals surface area contributed by atoms with E-state index in [1.165, 1.54) is 6.07 Å². The van der Waals surface area contributed by atoms with Crippen molar-refractivity contribution in [2.24, 2.45) is 0 Å². The lowest BCUT2D eigenvalue weighted by atomic mass is 10.1. The molecule has 0 saturated carbocycles. The van der Waals surface area contributed by atoms with Crippen LogP contribution in [0.2, 0.25) is 15.1 Å². The summed E-state index contributed by atoms with van der Waals surface area (Å²) in [6.07, 6.45) is 1.54. The van der Waals surface area contributed by atoms with E-state index < -0.39 is 0 Å². The zero-order chi connectivity index (χ0) is 11.7. The van der Waals surface area contributed by atoms with Crippen LogP contribution < -0.4 is 0 Å². The molecular weight excluding hydrogens is 268 g/mol. The van der Waals surface area contributed by atoms with Crippen LogP contribution in [-0.2, 0) is 0 Å². The molecule has 1 aromatic carbocycles. The molecular formula is C11H6Cl3NO. The van der Waals surface area contributed by atoms with E-state index >= 15 is 0 Å². The zero-order valence-electron chi connectivity index (χ0n) is 7.92. The summed E-state index contributed by atoms with van der Waals surface area (Å²) in [5.41, 5.74) is 0.758. The number of nitrogens with zero attached hydrogens (tertiary/aromatic N) is 1. The molecule has 2 aromatic rings. The Labute approximate surface area is 107 Å².